The van der Waals surface area contributed by atoms with Crippen molar-refractivity contribution in [2.24, 2.45) is 0 Å². The number of hydrogen-bond donors (Lipinski definition) is 0. The molecular formula is C15H10BrF2N. The van der Waals surface area contributed by atoms with Crippen molar-refractivity contribution >= 4 is 26.8 Å². The van der Waals surface area contributed by atoms with Gasteiger partial charge in [-0.15, -0.1) is 0 Å². The van der Waals surface area contributed by atoms with E-state index in [-0.39, 0.29) is 16.6 Å². The van der Waals surface area contributed by atoms with Gasteiger partial charge in [-0.2, -0.15) is 0 Å². The smallest absolute Gasteiger partial charge is 0.145 e. The van der Waals surface area contributed by atoms with E-state index >= 15 is 0 Å². The summed E-state index contributed by atoms with van der Waals surface area (Å²) in [5, 5.41) is 1.05. The Hall–Kier alpha value is -1.68. The van der Waals surface area contributed by atoms with E-state index in [1.807, 2.05) is 41.1 Å². The molecule has 1 nitrogen and oxygen atoms in total. The van der Waals surface area contributed by atoms with Gasteiger partial charge in [0.25, 0.3) is 0 Å². The van der Waals surface area contributed by atoms with Gasteiger partial charge in [-0.05, 0) is 45.6 Å². The highest BCUT2D eigenvalue weighted by atomic mass is 79.9. The number of rotatable bonds is 2. The van der Waals surface area contributed by atoms with Crippen LogP contribution < -0.4 is 0 Å². The summed E-state index contributed by atoms with van der Waals surface area (Å²) in [5.74, 6) is -1.07. The van der Waals surface area contributed by atoms with Crippen LogP contribution in [0.4, 0.5) is 8.78 Å². The van der Waals surface area contributed by atoms with Gasteiger partial charge in [0.15, 0.2) is 0 Å². The van der Waals surface area contributed by atoms with Gasteiger partial charge in [0, 0.05) is 17.3 Å². The maximum Gasteiger partial charge on any atom is 0.145 e. The molecule has 0 saturated carbocycles. The molecular weight excluding hydrogens is 312 g/mol. The molecule has 0 radical (unpaired) electrons. The van der Waals surface area contributed by atoms with Crippen LogP contribution in [0.2, 0.25) is 0 Å². The topological polar surface area (TPSA) is 4.93 Å². The minimum absolute atomic E-state index is 0.0655. The van der Waals surface area contributed by atoms with Crippen molar-refractivity contribution in [2.45, 2.75) is 6.54 Å². The number of para-hydroxylation sites is 1. The van der Waals surface area contributed by atoms with Crippen molar-refractivity contribution in [3.8, 4) is 0 Å². The monoisotopic (exact) mass is 321 g/mol. The van der Waals surface area contributed by atoms with E-state index in [9.17, 15) is 8.78 Å². The van der Waals surface area contributed by atoms with E-state index in [1.54, 1.807) is 0 Å². The van der Waals surface area contributed by atoms with Crippen molar-refractivity contribution < 1.29 is 8.78 Å². The Balaban J connectivity index is 2.09. The highest BCUT2D eigenvalue weighted by molar-refractivity contribution is 9.10. The molecule has 0 aliphatic rings. The second-order valence-corrected chi connectivity index (χ2v) is 5.18. The normalized spacial score (nSPS) is 11.1. The molecule has 0 spiro atoms. The summed E-state index contributed by atoms with van der Waals surface area (Å²) in [6.07, 6.45) is 1.84. The zero-order valence-corrected chi connectivity index (χ0v) is 11.5. The zero-order valence-electron chi connectivity index (χ0n) is 9.91. The summed E-state index contributed by atoms with van der Waals surface area (Å²) in [6.45, 7) is 0.171. The Labute approximate surface area is 117 Å². The fraction of sp³-hybridized carbons (Fsp3) is 0.0667. The van der Waals surface area contributed by atoms with E-state index in [0.29, 0.717) is 0 Å². The van der Waals surface area contributed by atoms with Crippen LogP contribution in [0.5, 0.6) is 0 Å². The van der Waals surface area contributed by atoms with E-state index < -0.39 is 11.6 Å². The molecule has 0 unspecified atom stereocenters. The third kappa shape index (κ3) is 2.16. The fourth-order valence-electron chi connectivity index (χ4n) is 2.16. The molecule has 0 N–H and O–H groups in total. The van der Waals surface area contributed by atoms with Crippen molar-refractivity contribution in [1.29, 1.82) is 0 Å². The first-order chi connectivity index (χ1) is 9.16. The van der Waals surface area contributed by atoms with Gasteiger partial charge in [-0.3, -0.25) is 0 Å². The number of benzene rings is 2. The molecule has 0 bridgehead atoms. The van der Waals surface area contributed by atoms with E-state index in [4.69, 9.17) is 0 Å². The summed E-state index contributed by atoms with van der Waals surface area (Å²) < 4.78 is 29.8. The van der Waals surface area contributed by atoms with Crippen LogP contribution in [0.3, 0.4) is 0 Å². The second-order valence-electron chi connectivity index (χ2n) is 4.32. The lowest BCUT2D eigenvalue weighted by atomic mass is 10.2. The van der Waals surface area contributed by atoms with Gasteiger partial charge in [0.2, 0.25) is 0 Å². The molecule has 3 aromatic rings. The number of hydrogen-bond acceptors (Lipinski definition) is 0. The average molecular weight is 322 g/mol. The minimum Gasteiger partial charge on any atom is -0.343 e. The lowest BCUT2D eigenvalue weighted by Gasteiger charge is -2.09. The molecule has 1 heterocycles. The lowest BCUT2D eigenvalue weighted by molar-refractivity contribution is 0.543. The molecule has 2 aromatic carbocycles. The predicted molar refractivity (Wildman–Crippen MR) is 75.1 cm³/mol. The van der Waals surface area contributed by atoms with Crippen molar-refractivity contribution in [2.75, 3.05) is 0 Å². The molecule has 0 atom stereocenters. The van der Waals surface area contributed by atoms with Crippen LogP contribution in [0, 0.1) is 11.6 Å². The van der Waals surface area contributed by atoms with Crippen LogP contribution in [0.15, 0.2) is 53.1 Å². The molecule has 0 amide bonds. The highest BCUT2D eigenvalue weighted by Crippen LogP contribution is 2.24. The van der Waals surface area contributed by atoms with Gasteiger partial charge in [-0.25, -0.2) is 8.78 Å². The molecule has 0 aliphatic heterocycles. The van der Waals surface area contributed by atoms with E-state index in [1.165, 1.54) is 12.1 Å². The number of fused-ring (bicyclic) bond motifs is 1. The highest BCUT2D eigenvalue weighted by Gasteiger charge is 2.13. The Morgan fingerprint density at radius 1 is 1.00 bits per heavy atom. The molecule has 3 rings (SSSR count). The molecule has 0 aliphatic carbocycles. The van der Waals surface area contributed by atoms with Gasteiger partial charge in [-0.1, -0.05) is 18.2 Å². The largest absolute Gasteiger partial charge is 0.343 e. The first-order valence-electron chi connectivity index (χ1n) is 5.83. The lowest BCUT2D eigenvalue weighted by Crippen LogP contribution is -2.04. The van der Waals surface area contributed by atoms with Gasteiger partial charge >= 0.3 is 0 Å². The Bertz CT molecular complexity index is 749. The van der Waals surface area contributed by atoms with Crippen LogP contribution in [0.1, 0.15) is 5.56 Å². The molecule has 4 heteroatoms. The predicted octanol–water partition coefficient (Wildman–Crippen LogP) is 4.73. The number of halogens is 3. The molecule has 0 saturated heterocycles. The summed E-state index contributed by atoms with van der Waals surface area (Å²) in [7, 11) is 0. The maximum atomic E-state index is 14.0. The Kier molecular flexibility index (Phi) is 3.11. The van der Waals surface area contributed by atoms with Gasteiger partial charge in [0.1, 0.15) is 11.6 Å². The van der Waals surface area contributed by atoms with Crippen molar-refractivity contribution in [3.05, 3.63) is 70.3 Å². The van der Waals surface area contributed by atoms with Crippen molar-refractivity contribution in [1.82, 2.24) is 4.57 Å². The quantitative estimate of drug-likeness (QED) is 0.601. The first-order valence-corrected chi connectivity index (χ1v) is 6.62. The molecule has 1 aromatic heterocycles. The van der Waals surface area contributed by atoms with Crippen LogP contribution in [-0.2, 0) is 6.54 Å². The number of aromatic nitrogens is 1. The standard InChI is InChI=1S/C15H10BrF2N/c16-12-5-6-13(17)11(15(12)18)9-19-8-7-10-3-1-2-4-14(10)19/h1-8H,9H2. The fourth-order valence-corrected chi connectivity index (χ4v) is 2.53. The summed E-state index contributed by atoms with van der Waals surface area (Å²) >= 11 is 3.08. The zero-order chi connectivity index (χ0) is 13.4. The average Bonchev–Trinajstić information content (AvgIpc) is 2.83. The Morgan fingerprint density at radius 2 is 1.79 bits per heavy atom. The first kappa shape index (κ1) is 12.4. The van der Waals surface area contributed by atoms with Crippen LogP contribution in [0.25, 0.3) is 10.9 Å². The third-order valence-corrected chi connectivity index (χ3v) is 3.76. The SMILES string of the molecule is Fc1ccc(Br)c(F)c1Cn1ccc2ccccc21. The summed E-state index contributed by atoms with van der Waals surface area (Å²) in [6, 6.07) is 12.3. The molecule has 0 fully saturated rings. The Morgan fingerprint density at radius 3 is 2.63 bits per heavy atom. The van der Waals surface area contributed by atoms with Gasteiger partial charge < -0.3 is 4.57 Å². The van der Waals surface area contributed by atoms with Crippen LogP contribution in [-0.4, -0.2) is 4.57 Å². The third-order valence-electron chi connectivity index (χ3n) is 3.15. The summed E-state index contributed by atoms with van der Waals surface area (Å²) in [5.41, 5.74) is 1.03. The second kappa shape index (κ2) is 4.78. The van der Waals surface area contributed by atoms with E-state index in [2.05, 4.69) is 15.9 Å². The number of nitrogens with zero attached hydrogens (tertiary/aromatic N) is 1. The van der Waals surface area contributed by atoms with Gasteiger partial charge in [0.05, 0.1) is 11.0 Å². The minimum atomic E-state index is -0.544. The summed E-state index contributed by atoms with van der Waals surface area (Å²) in [4.78, 5) is 0. The maximum absolute atomic E-state index is 14.0. The van der Waals surface area contributed by atoms with E-state index in [0.717, 1.165) is 10.9 Å². The van der Waals surface area contributed by atoms with Crippen LogP contribution >= 0.6 is 15.9 Å². The molecule has 96 valence electrons. The van der Waals surface area contributed by atoms with Crippen molar-refractivity contribution in [3.63, 3.8) is 0 Å². The molecule has 19 heavy (non-hydrogen) atoms.